The van der Waals surface area contributed by atoms with Crippen LogP contribution in [-0.2, 0) is 10.0 Å². The first-order valence-electron chi connectivity index (χ1n) is 6.71. The van der Waals surface area contributed by atoms with Crippen molar-refractivity contribution in [1.82, 2.24) is 4.31 Å². The Balaban J connectivity index is 2.32. The third-order valence-corrected chi connectivity index (χ3v) is 6.61. The summed E-state index contributed by atoms with van der Waals surface area (Å²) in [5.74, 6) is -1.39. The van der Waals surface area contributed by atoms with Crippen molar-refractivity contribution in [3.63, 3.8) is 0 Å². The highest BCUT2D eigenvalue weighted by molar-refractivity contribution is 9.10. The maximum Gasteiger partial charge on any atom is 0.244 e. The van der Waals surface area contributed by atoms with Gasteiger partial charge in [-0.25, -0.2) is 8.42 Å². The van der Waals surface area contributed by atoms with Gasteiger partial charge in [0.1, 0.15) is 0 Å². The molecule has 1 aliphatic rings. The van der Waals surface area contributed by atoms with Crippen molar-refractivity contribution in [2.75, 3.05) is 32.7 Å². The predicted octanol–water partition coefficient (Wildman–Crippen LogP) is -1.28. The zero-order valence-electron chi connectivity index (χ0n) is 11.6. The molecular formula is C13H17BrN2O4S. The third-order valence-electron chi connectivity index (χ3n) is 3.71. The first-order chi connectivity index (χ1) is 9.86. The molecule has 116 valence electrons. The number of hydrogen-bond donors (Lipinski definition) is 1. The molecule has 0 unspecified atom stereocenters. The largest absolute Gasteiger partial charge is 0.545 e. The molecule has 1 aliphatic heterocycles. The fourth-order valence-electron chi connectivity index (χ4n) is 2.36. The first kappa shape index (κ1) is 16.4. The summed E-state index contributed by atoms with van der Waals surface area (Å²) in [6.45, 7) is 5.43. The Morgan fingerprint density at radius 2 is 2.00 bits per heavy atom. The Kier molecular flexibility index (Phi) is 5.03. The number of likely N-dealkylation sites (N-methyl/N-ethyl adjacent to an activating group) is 1. The van der Waals surface area contributed by atoms with Gasteiger partial charge < -0.3 is 14.8 Å². The summed E-state index contributed by atoms with van der Waals surface area (Å²) < 4.78 is 27.1. The van der Waals surface area contributed by atoms with E-state index in [4.69, 9.17) is 0 Å². The number of aromatic carboxylic acids is 1. The minimum atomic E-state index is -3.70. The van der Waals surface area contributed by atoms with Crippen molar-refractivity contribution in [2.24, 2.45) is 0 Å². The normalized spacial score (nSPS) is 17.8. The molecule has 2 rings (SSSR count). The van der Waals surface area contributed by atoms with E-state index in [0.29, 0.717) is 17.6 Å². The average molecular weight is 377 g/mol. The van der Waals surface area contributed by atoms with Crippen LogP contribution in [0.5, 0.6) is 0 Å². The van der Waals surface area contributed by atoms with Gasteiger partial charge in [-0.15, -0.1) is 0 Å². The van der Waals surface area contributed by atoms with E-state index < -0.39 is 16.0 Å². The molecule has 0 radical (unpaired) electrons. The second-order valence-electron chi connectivity index (χ2n) is 4.94. The lowest BCUT2D eigenvalue weighted by molar-refractivity contribution is -0.901. The Labute approximate surface area is 132 Å². The molecule has 0 saturated carbocycles. The Morgan fingerprint density at radius 1 is 1.38 bits per heavy atom. The van der Waals surface area contributed by atoms with Gasteiger partial charge in [0.2, 0.25) is 10.0 Å². The van der Waals surface area contributed by atoms with E-state index >= 15 is 0 Å². The Morgan fingerprint density at radius 3 is 2.52 bits per heavy atom. The van der Waals surface area contributed by atoms with Gasteiger partial charge >= 0.3 is 0 Å². The molecule has 0 aromatic heterocycles. The van der Waals surface area contributed by atoms with Crippen LogP contribution in [0.15, 0.2) is 27.6 Å². The number of piperazine rings is 1. The molecular weight excluding hydrogens is 360 g/mol. The van der Waals surface area contributed by atoms with E-state index in [1.54, 1.807) is 0 Å². The number of quaternary nitrogens is 1. The number of carbonyl (C=O) groups is 1. The molecule has 1 saturated heterocycles. The molecule has 0 aliphatic carbocycles. The molecule has 1 aromatic rings. The Bertz CT molecular complexity index is 640. The number of sulfonamides is 1. The van der Waals surface area contributed by atoms with Gasteiger partial charge in [0.05, 0.1) is 43.6 Å². The van der Waals surface area contributed by atoms with Crippen molar-refractivity contribution in [2.45, 2.75) is 11.8 Å². The highest BCUT2D eigenvalue weighted by Gasteiger charge is 2.31. The van der Waals surface area contributed by atoms with Crippen LogP contribution in [0, 0.1) is 0 Å². The minimum absolute atomic E-state index is 0.0239. The third kappa shape index (κ3) is 3.45. The van der Waals surface area contributed by atoms with E-state index in [0.717, 1.165) is 25.7 Å². The molecule has 21 heavy (non-hydrogen) atoms. The second kappa shape index (κ2) is 6.43. The molecule has 0 bridgehead atoms. The lowest BCUT2D eigenvalue weighted by Gasteiger charge is -2.31. The minimum Gasteiger partial charge on any atom is -0.545 e. The van der Waals surface area contributed by atoms with Crippen LogP contribution in [0.4, 0.5) is 0 Å². The van der Waals surface area contributed by atoms with Crippen LogP contribution >= 0.6 is 15.9 Å². The molecule has 0 spiro atoms. The topological polar surface area (TPSA) is 82.0 Å². The summed E-state index contributed by atoms with van der Waals surface area (Å²) in [5.41, 5.74) is -0.144. The number of nitrogens with zero attached hydrogens (tertiary/aromatic N) is 1. The summed E-state index contributed by atoms with van der Waals surface area (Å²) in [4.78, 5) is 12.3. The highest BCUT2D eigenvalue weighted by Crippen LogP contribution is 2.26. The summed E-state index contributed by atoms with van der Waals surface area (Å²) >= 11 is 3.18. The maximum atomic E-state index is 12.7. The number of halogens is 1. The average Bonchev–Trinajstić information content (AvgIpc) is 2.47. The Hall–Kier alpha value is -0.960. The van der Waals surface area contributed by atoms with Crippen molar-refractivity contribution in [3.05, 3.63) is 28.2 Å². The van der Waals surface area contributed by atoms with Crippen molar-refractivity contribution in [3.8, 4) is 0 Å². The van der Waals surface area contributed by atoms with Crippen LogP contribution in [0.1, 0.15) is 17.3 Å². The van der Waals surface area contributed by atoms with Crippen LogP contribution in [0.3, 0.4) is 0 Å². The summed E-state index contributed by atoms with van der Waals surface area (Å²) in [6.07, 6.45) is 0. The van der Waals surface area contributed by atoms with Crippen LogP contribution in [0.25, 0.3) is 0 Å². The van der Waals surface area contributed by atoms with Gasteiger partial charge in [-0.05, 0) is 40.5 Å². The van der Waals surface area contributed by atoms with Gasteiger partial charge in [0.15, 0.2) is 0 Å². The zero-order valence-corrected chi connectivity index (χ0v) is 14.0. The number of benzene rings is 1. The number of carbonyl (C=O) groups excluding carboxylic acids is 1. The van der Waals surface area contributed by atoms with Crippen LogP contribution < -0.4 is 10.0 Å². The van der Waals surface area contributed by atoms with Crippen LogP contribution in [-0.4, -0.2) is 51.4 Å². The maximum absolute atomic E-state index is 12.7. The molecule has 0 amide bonds. The lowest BCUT2D eigenvalue weighted by Crippen LogP contribution is -3.14. The molecule has 1 aromatic carbocycles. The molecule has 1 N–H and O–H groups in total. The van der Waals surface area contributed by atoms with Crippen molar-refractivity contribution >= 4 is 31.9 Å². The van der Waals surface area contributed by atoms with Gasteiger partial charge in [0.25, 0.3) is 0 Å². The molecule has 1 fully saturated rings. The number of rotatable bonds is 4. The smallest absolute Gasteiger partial charge is 0.244 e. The SMILES string of the molecule is CC[NH+]1CCN(S(=O)(=O)c2cc(C(=O)[O-])ccc2Br)CC1. The lowest BCUT2D eigenvalue weighted by atomic mass is 10.2. The van der Waals surface area contributed by atoms with Crippen molar-refractivity contribution in [1.29, 1.82) is 0 Å². The van der Waals surface area contributed by atoms with Gasteiger partial charge in [-0.1, -0.05) is 6.07 Å². The molecule has 0 atom stereocenters. The van der Waals surface area contributed by atoms with E-state index in [-0.39, 0.29) is 10.5 Å². The second-order valence-corrected chi connectivity index (χ2v) is 7.70. The molecule has 6 nitrogen and oxygen atoms in total. The van der Waals surface area contributed by atoms with E-state index in [1.807, 2.05) is 0 Å². The molecule has 1 heterocycles. The first-order valence-corrected chi connectivity index (χ1v) is 8.94. The van der Waals surface area contributed by atoms with Crippen molar-refractivity contribution < 1.29 is 23.2 Å². The number of carboxylic acids is 1. The van der Waals surface area contributed by atoms with Gasteiger partial charge in [-0.3, -0.25) is 0 Å². The molecule has 8 heteroatoms. The van der Waals surface area contributed by atoms with Crippen LogP contribution in [0.2, 0.25) is 0 Å². The van der Waals surface area contributed by atoms with Gasteiger partial charge in [0, 0.05) is 4.47 Å². The fraction of sp³-hybridized carbons (Fsp3) is 0.462. The number of carboxylic acid groups (broad SMARTS) is 1. The fourth-order valence-corrected chi connectivity index (χ4v) is 4.76. The summed E-state index contributed by atoms with van der Waals surface area (Å²) in [5, 5.41) is 10.9. The quantitative estimate of drug-likeness (QED) is 0.709. The van der Waals surface area contributed by atoms with E-state index in [2.05, 4.69) is 22.9 Å². The standard InChI is InChI=1S/C13H17BrN2O4S/c1-2-15-5-7-16(8-6-15)21(19,20)12-9-10(13(17)18)3-4-11(12)14/h3-4,9H,2,5-8H2,1H3,(H,17,18). The monoisotopic (exact) mass is 376 g/mol. The van der Waals surface area contributed by atoms with E-state index in [1.165, 1.54) is 21.3 Å². The number of nitrogens with one attached hydrogen (secondary N) is 1. The van der Waals surface area contributed by atoms with E-state index in [9.17, 15) is 18.3 Å². The zero-order chi connectivity index (χ0) is 15.6. The highest BCUT2D eigenvalue weighted by atomic mass is 79.9. The summed E-state index contributed by atoms with van der Waals surface area (Å²) in [6, 6.07) is 3.89. The van der Waals surface area contributed by atoms with Gasteiger partial charge in [-0.2, -0.15) is 4.31 Å². The number of hydrogen-bond acceptors (Lipinski definition) is 4. The summed E-state index contributed by atoms with van der Waals surface area (Å²) in [7, 11) is -3.70. The predicted molar refractivity (Wildman–Crippen MR) is 78.5 cm³/mol.